The second kappa shape index (κ2) is 13.8. The third-order valence-corrected chi connectivity index (χ3v) is 13.5. The van der Waals surface area contributed by atoms with Crippen molar-refractivity contribution in [3.63, 3.8) is 0 Å². The molecule has 3 aromatic carbocycles. The minimum Gasteiger partial charge on any atom is -0.507 e. The van der Waals surface area contributed by atoms with Crippen molar-refractivity contribution >= 4 is 46.8 Å². The fourth-order valence-corrected chi connectivity index (χ4v) is 10.4. The van der Waals surface area contributed by atoms with Gasteiger partial charge >= 0.3 is 5.97 Å². The summed E-state index contributed by atoms with van der Waals surface area (Å²) in [6.07, 6.45) is -4.92. The quantitative estimate of drug-likeness (QED) is 0.0994. The summed E-state index contributed by atoms with van der Waals surface area (Å²) in [7, 11) is 0. The zero-order valence-electron chi connectivity index (χ0n) is 28.2. The Kier molecular flexibility index (Phi) is 9.65. The zero-order chi connectivity index (χ0) is 37.1. The van der Waals surface area contributed by atoms with E-state index in [4.69, 9.17) is 24.7 Å². The highest BCUT2D eigenvalue weighted by molar-refractivity contribution is 8.21. The number of phenolic OH excluding ortho intramolecular Hbond substituents is 2. The van der Waals surface area contributed by atoms with Crippen molar-refractivity contribution in [2.75, 3.05) is 18.3 Å². The Bertz CT molecular complexity index is 1950. The number of hydrogen-bond acceptors (Lipinski definition) is 15. The fraction of sp³-hybridized carbons (Fsp3) is 0.405. The molecule has 2 saturated heterocycles. The molecule has 0 bridgehead atoms. The van der Waals surface area contributed by atoms with Crippen molar-refractivity contribution in [2.45, 2.75) is 73.4 Å². The lowest BCUT2D eigenvalue weighted by atomic mass is 9.72. The lowest BCUT2D eigenvalue weighted by molar-refractivity contribution is -0.247. The van der Waals surface area contributed by atoms with Crippen LogP contribution in [0.1, 0.15) is 81.3 Å². The molecule has 0 spiro atoms. The summed E-state index contributed by atoms with van der Waals surface area (Å²) in [6, 6.07) is 12.7. The second-order valence-electron chi connectivity index (χ2n) is 13.3. The Morgan fingerprint density at radius 3 is 2.35 bits per heavy atom. The van der Waals surface area contributed by atoms with Crippen LogP contribution in [0.2, 0.25) is 0 Å². The number of phenols is 2. The Morgan fingerprint density at radius 2 is 1.67 bits per heavy atom. The first-order valence-corrected chi connectivity index (χ1v) is 18.7. The number of ether oxygens (including phenoxy) is 4. The third-order valence-electron chi connectivity index (χ3n) is 10.1. The molecule has 6 atom stereocenters. The molecule has 3 aromatic rings. The van der Waals surface area contributed by atoms with E-state index in [1.54, 1.807) is 6.92 Å². The number of aromatic hydroxyl groups is 2. The van der Waals surface area contributed by atoms with Gasteiger partial charge in [-0.15, -0.1) is 23.5 Å². The molecule has 0 amide bonds. The van der Waals surface area contributed by atoms with Crippen LogP contribution < -0.4 is 10.5 Å². The number of ketones is 3. The van der Waals surface area contributed by atoms with Gasteiger partial charge in [-0.3, -0.25) is 14.4 Å². The molecule has 15 heteroatoms. The van der Waals surface area contributed by atoms with E-state index in [0.29, 0.717) is 0 Å². The summed E-state index contributed by atoms with van der Waals surface area (Å²) in [5.74, 6) is -2.86. The zero-order valence-corrected chi connectivity index (χ0v) is 29.8. The number of aliphatic hydroxyl groups is 2. The van der Waals surface area contributed by atoms with Gasteiger partial charge in [-0.25, -0.2) is 4.79 Å². The molecule has 2 aliphatic carbocycles. The minimum atomic E-state index is -2.07. The summed E-state index contributed by atoms with van der Waals surface area (Å²) in [5, 5.41) is 45.1. The van der Waals surface area contributed by atoms with Crippen LogP contribution in [-0.2, 0) is 34.3 Å². The number of thioether (sulfide) groups is 2. The SMILES string of the molecule is CC(=O)[C@]1(O)Cc2c(O)c3c(c(O)c2[C@@H](OC2CC(N)C(O)C(C)O2)C1)C(=O)c1c(OCOC(=O)C2(c4ccccc4)SCCS2)cccc1C3=O. The summed E-state index contributed by atoms with van der Waals surface area (Å²) in [5.41, 5.74) is 3.17. The number of carbonyl (C=O) groups excluding carboxylic acids is 4. The van der Waals surface area contributed by atoms with E-state index < -0.39 is 99.5 Å². The maximum atomic E-state index is 14.3. The fourth-order valence-electron chi connectivity index (χ4n) is 7.32. The van der Waals surface area contributed by atoms with Crippen molar-refractivity contribution in [1.29, 1.82) is 0 Å². The summed E-state index contributed by atoms with van der Waals surface area (Å²) < 4.78 is 22.3. The molecule has 4 aliphatic rings. The van der Waals surface area contributed by atoms with Crippen molar-refractivity contribution in [3.8, 4) is 17.2 Å². The van der Waals surface area contributed by atoms with Gasteiger partial charge in [0.2, 0.25) is 12.6 Å². The highest BCUT2D eigenvalue weighted by Gasteiger charge is 2.50. The average molecular weight is 752 g/mol. The van der Waals surface area contributed by atoms with E-state index in [1.807, 2.05) is 30.3 Å². The predicted molar refractivity (Wildman–Crippen MR) is 188 cm³/mol. The standard InChI is InChI=1S/C37H37NO12S2/c1-17-30(40)22(38)13-25(49-17)50-24-15-36(46,18(2)39)14-21-27(24)34(44)29-28(32(21)42)31(41)20-9-6-10-23(26(20)33(29)43)47-16-48-35(45)37(51-11-12-52-37)19-7-4-3-5-8-19/h3-10,17,22,24-25,30,40,42,44,46H,11-16,38H2,1-2H3/t17?,22?,24-,25?,30?,36-/m0/s1. The first-order valence-electron chi connectivity index (χ1n) is 16.7. The molecule has 13 nitrogen and oxygen atoms in total. The van der Waals surface area contributed by atoms with Crippen LogP contribution in [0.3, 0.4) is 0 Å². The maximum absolute atomic E-state index is 14.3. The summed E-state index contributed by atoms with van der Waals surface area (Å²) >= 11 is 2.91. The van der Waals surface area contributed by atoms with E-state index in [0.717, 1.165) is 17.1 Å². The van der Waals surface area contributed by atoms with Crippen LogP contribution in [0.5, 0.6) is 17.2 Å². The molecular formula is C37H37NO12S2. The number of esters is 1. The largest absolute Gasteiger partial charge is 0.507 e. The molecule has 2 heterocycles. The van der Waals surface area contributed by atoms with Gasteiger partial charge in [0.15, 0.2) is 21.9 Å². The van der Waals surface area contributed by atoms with Crippen LogP contribution in [-0.4, -0.2) is 92.2 Å². The van der Waals surface area contributed by atoms with Gasteiger partial charge in [0.1, 0.15) is 22.8 Å². The Labute approximate surface area is 306 Å². The minimum absolute atomic E-state index is 0.0213. The number of rotatable bonds is 8. The number of carbonyl (C=O) groups is 4. The number of aliphatic hydroxyl groups excluding tert-OH is 1. The molecule has 2 aliphatic heterocycles. The van der Waals surface area contributed by atoms with Crippen LogP contribution in [0.15, 0.2) is 48.5 Å². The lowest BCUT2D eigenvalue weighted by Gasteiger charge is -2.42. The topological polar surface area (TPSA) is 212 Å². The van der Waals surface area contributed by atoms with Crippen LogP contribution in [0, 0.1) is 0 Å². The number of fused-ring (bicyclic) bond motifs is 3. The normalized spacial score (nSPS) is 27.7. The van der Waals surface area contributed by atoms with Gasteiger partial charge in [-0.2, -0.15) is 0 Å². The summed E-state index contributed by atoms with van der Waals surface area (Å²) in [4.78, 5) is 54.5. The van der Waals surface area contributed by atoms with E-state index in [2.05, 4.69) is 0 Å². The number of Topliss-reactive ketones (excluding diaryl/α,β-unsaturated/α-hetero) is 1. The first kappa shape index (κ1) is 36.4. The van der Waals surface area contributed by atoms with Gasteiger partial charge in [0, 0.05) is 53.5 Å². The molecular weight excluding hydrogens is 715 g/mol. The molecule has 0 radical (unpaired) electrons. The van der Waals surface area contributed by atoms with Crippen molar-refractivity contribution in [1.82, 2.24) is 0 Å². The van der Waals surface area contributed by atoms with Crippen LogP contribution in [0.25, 0.3) is 0 Å². The van der Waals surface area contributed by atoms with Gasteiger partial charge in [0.25, 0.3) is 0 Å². The smallest absolute Gasteiger partial charge is 0.340 e. The van der Waals surface area contributed by atoms with E-state index in [1.165, 1.54) is 48.6 Å². The summed E-state index contributed by atoms with van der Waals surface area (Å²) in [6.45, 7) is 2.17. The maximum Gasteiger partial charge on any atom is 0.340 e. The lowest BCUT2D eigenvalue weighted by Crippen LogP contribution is -2.52. The van der Waals surface area contributed by atoms with E-state index >= 15 is 0 Å². The monoisotopic (exact) mass is 751 g/mol. The Morgan fingerprint density at radius 1 is 0.981 bits per heavy atom. The van der Waals surface area contributed by atoms with Crippen molar-refractivity contribution in [2.24, 2.45) is 5.73 Å². The van der Waals surface area contributed by atoms with Crippen molar-refractivity contribution in [3.05, 3.63) is 87.5 Å². The van der Waals surface area contributed by atoms with E-state index in [-0.39, 0.29) is 40.8 Å². The van der Waals surface area contributed by atoms with Crippen molar-refractivity contribution < 1.29 is 58.6 Å². The molecule has 2 fully saturated rings. The van der Waals surface area contributed by atoms with Crippen LogP contribution >= 0.6 is 23.5 Å². The molecule has 6 N–H and O–H groups in total. The highest BCUT2D eigenvalue weighted by Crippen LogP contribution is 2.54. The number of benzene rings is 3. The molecule has 52 heavy (non-hydrogen) atoms. The molecule has 0 saturated carbocycles. The molecule has 4 unspecified atom stereocenters. The average Bonchev–Trinajstić information content (AvgIpc) is 3.63. The first-order chi connectivity index (χ1) is 24.8. The van der Waals surface area contributed by atoms with E-state index in [9.17, 15) is 39.6 Å². The molecule has 0 aromatic heterocycles. The molecule has 274 valence electrons. The van der Waals surface area contributed by atoms with Crippen LogP contribution in [0.4, 0.5) is 0 Å². The van der Waals surface area contributed by atoms with Gasteiger partial charge in [-0.05, 0) is 25.5 Å². The van der Waals surface area contributed by atoms with Gasteiger partial charge < -0.3 is 45.1 Å². The third kappa shape index (κ3) is 5.97. The van der Waals surface area contributed by atoms with Gasteiger partial charge in [0.05, 0.1) is 35.0 Å². The number of nitrogens with two attached hydrogens (primary N) is 1. The molecule has 7 rings (SSSR count). The number of hydrogen-bond donors (Lipinski definition) is 5. The Hall–Kier alpha value is -3.96. The Balaban J connectivity index is 1.22. The second-order valence-corrected chi connectivity index (χ2v) is 16.2. The highest BCUT2D eigenvalue weighted by atomic mass is 32.2. The predicted octanol–water partition coefficient (Wildman–Crippen LogP) is 3.23. The van der Waals surface area contributed by atoms with Gasteiger partial charge in [-0.1, -0.05) is 42.5 Å².